The molecule has 3 aromatic rings. The molecule has 1 aromatic heterocycles. The lowest BCUT2D eigenvalue weighted by atomic mass is 9.83. The highest BCUT2D eigenvalue weighted by Crippen LogP contribution is 2.35. The number of aromatic nitrogens is 2. The van der Waals surface area contributed by atoms with E-state index >= 15 is 0 Å². The second-order valence-corrected chi connectivity index (χ2v) is 8.44. The first-order valence-electron chi connectivity index (χ1n) is 11.9. The summed E-state index contributed by atoms with van der Waals surface area (Å²) >= 11 is 0. The van der Waals surface area contributed by atoms with Gasteiger partial charge in [0.05, 0.1) is 30.0 Å². The standard InChI is InChI=1S/C28H30N4O4/c1-3-35-27(33)24-17-30-18-25(26(24)22-10-7-11-23(16-22)32-13-12-29-20-32)28(34)36-15-14-31(2)19-21-8-5-4-6-9-21/h4-13,16-18,20,26,30H,3,14-15,19H2,1-2H3. The molecule has 2 aromatic carbocycles. The molecular weight excluding hydrogens is 456 g/mol. The van der Waals surface area contributed by atoms with E-state index in [2.05, 4.69) is 27.3 Å². The fourth-order valence-electron chi connectivity index (χ4n) is 4.11. The second-order valence-electron chi connectivity index (χ2n) is 8.44. The molecule has 8 heteroatoms. The second kappa shape index (κ2) is 12.0. The van der Waals surface area contributed by atoms with E-state index in [0.717, 1.165) is 17.8 Å². The van der Waals surface area contributed by atoms with Gasteiger partial charge in [-0.15, -0.1) is 0 Å². The van der Waals surface area contributed by atoms with E-state index in [1.54, 1.807) is 31.8 Å². The van der Waals surface area contributed by atoms with E-state index in [0.29, 0.717) is 17.7 Å². The third kappa shape index (κ3) is 6.09. The summed E-state index contributed by atoms with van der Waals surface area (Å²) in [5.74, 6) is -1.60. The van der Waals surface area contributed by atoms with E-state index < -0.39 is 17.9 Å². The van der Waals surface area contributed by atoms with Crippen molar-refractivity contribution in [1.82, 2.24) is 19.8 Å². The Morgan fingerprint density at radius 3 is 2.47 bits per heavy atom. The molecular formula is C28H30N4O4. The van der Waals surface area contributed by atoms with Gasteiger partial charge in [-0.1, -0.05) is 42.5 Å². The Labute approximate surface area is 210 Å². The molecule has 1 aliphatic rings. The van der Waals surface area contributed by atoms with Crippen LogP contribution in [-0.4, -0.2) is 53.2 Å². The quantitative estimate of drug-likeness (QED) is 0.439. The van der Waals surface area contributed by atoms with Gasteiger partial charge in [0.25, 0.3) is 0 Å². The van der Waals surface area contributed by atoms with Crippen molar-refractivity contribution in [1.29, 1.82) is 0 Å². The number of carbonyl (C=O) groups excluding carboxylic acids is 2. The normalized spacial score (nSPS) is 15.0. The smallest absolute Gasteiger partial charge is 0.336 e. The number of ether oxygens (including phenoxy) is 2. The van der Waals surface area contributed by atoms with E-state index in [1.165, 1.54) is 5.56 Å². The number of carbonyl (C=O) groups is 2. The highest BCUT2D eigenvalue weighted by molar-refractivity contribution is 5.98. The van der Waals surface area contributed by atoms with Gasteiger partial charge in [0.15, 0.2) is 0 Å². The minimum atomic E-state index is -0.636. The van der Waals surface area contributed by atoms with E-state index in [1.807, 2.05) is 60.3 Å². The van der Waals surface area contributed by atoms with Crippen LogP contribution in [0.1, 0.15) is 24.0 Å². The zero-order valence-electron chi connectivity index (χ0n) is 20.5. The summed E-state index contributed by atoms with van der Waals surface area (Å²) in [5, 5.41) is 2.93. The SMILES string of the molecule is CCOC(=O)C1=CNC=C(C(=O)OCCN(C)Cc2ccccc2)C1c1cccc(-n2ccnc2)c1. The monoisotopic (exact) mass is 486 g/mol. The van der Waals surface area contributed by atoms with Crippen molar-refractivity contribution in [3.8, 4) is 5.69 Å². The molecule has 186 valence electrons. The summed E-state index contributed by atoms with van der Waals surface area (Å²) in [5.41, 5.74) is 3.50. The van der Waals surface area contributed by atoms with Gasteiger partial charge in [0, 0.05) is 43.6 Å². The molecule has 0 bridgehead atoms. The molecule has 0 saturated heterocycles. The number of imidazole rings is 1. The van der Waals surface area contributed by atoms with Crippen molar-refractivity contribution >= 4 is 11.9 Å². The molecule has 36 heavy (non-hydrogen) atoms. The Morgan fingerprint density at radius 1 is 1.03 bits per heavy atom. The summed E-state index contributed by atoms with van der Waals surface area (Å²) in [6, 6.07) is 17.8. The zero-order chi connectivity index (χ0) is 25.3. The lowest BCUT2D eigenvalue weighted by Crippen LogP contribution is -2.29. The fraction of sp³-hybridized carbons (Fsp3) is 0.250. The first kappa shape index (κ1) is 24.9. The highest BCUT2D eigenvalue weighted by atomic mass is 16.5. The molecule has 1 unspecified atom stereocenters. The van der Waals surface area contributed by atoms with Crippen LogP contribution in [-0.2, 0) is 25.6 Å². The number of nitrogens with one attached hydrogen (secondary N) is 1. The number of benzene rings is 2. The summed E-state index contributed by atoms with van der Waals surface area (Å²) in [4.78, 5) is 32.2. The van der Waals surface area contributed by atoms with E-state index in [-0.39, 0.29) is 13.2 Å². The Morgan fingerprint density at radius 2 is 1.78 bits per heavy atom. The largest absolute Gasteiger partial charge is 0.463 e. The van der Waals surface area contributed by atoms with Gasteiger partial charge in [-0.25, -0.2) is 14.6 Å². The van der Waals surface area contributed by atoms with Gasteiger partial charge in [-0.05, 0) is 37.2 Å². The summed E-state index contributed by atoms with van der Waals surface area (Å²) in [7, 11) is 1.98. The Bertz CT molecular complexity index is 1240. The Kier molecular flexibility index (Phi) is 8.31. The Balaban J connectivity index is 1.50. The van der Waals surface area contributed by atoms with Crippen molar-refractivity contribution in [2.75, 3.05) is 26.8 Å². The zero-order valence-corrected chi connectivity index (χ0v) is 20.5. The molecule has 1 aliphatic heterocycles. The van der Waals surface area contributed by atoms with Crippen LogP contribution < -0.4 is 5.32 Å². The predicted octanol–water partition coefficient (Wildman–Crippen LogP) is 3.57. The molecule has 1 atom stereocenters. The number of likely N-dealkylation sites (N-methyl/N-ethyl adjacent to an activating group) is 1. The molecule has 0 radical (unpaired) electrons. The van der Waals surface area contributed by atoms with Crippen molar-refractivity contribution in [3.05, 3.63) is 108 Å². The fourth-order valence-corrected chi connectivity index (χ4v) is 4.11. The number of hydrogen-bond donors (Lipinski definition) is 1. The maximum absolute atomic E-state index is 13.2. The lowest BCUT2D eigenvalue weighted by Gasteiger charge is -2.26. The number of rotatable bonds is 10. The van der Waals surface area contributed by atoms with Gasteiger partial charge in [-0.2, -0.15) is 0 Å². The topological polar surface area (TPSA) is 85.7 Å². The lowest BCUT2D eigenvalue weighted by molar-refractivity contribution is -0.140. The maximum Gasteiger partial charge on any atom is 0.336 e. The average Bonchev–Trinajstić information content (AvgIpc) is 3.44. The van der Waals surface area contributed by atoms with E-state index in [9.17, 15) is 9.59 Å². The van der Waals surface area contributed by atoms with Gasteiger partial charge < -0.3 is 19.4 Å². The third-order valence-corrected chi connectivity index (χ3v) is 5.85. The molecule has 0 fully saturated rings. The first-order chi connectivity index (χ1) is 17.6. The third-order valence-electron chi connectivity index (χ3n) is 5.85. The molecule has 2 heterocycles. The number of nitrogens with zero attached hydrogens (tertiary/aromatic N) is 3. The summed E-state index contributed by atoms with van der Waals surface area (Å²) < 4.78 is 12.8. The number of esters is 2. The van der Waals surface area contributed by atoms with E-state index in [4.69, 9.17) is 9.47 Å². The molecule has 8 nitrogen and oxygen atoms in total. The molecule has 0 spiro atoms. The van der Waals surface area contributed by atoms with Crippen molar-refractivity contribution in [2.24, 2.45) is 0 Å². The number of dihydropyridines is 1. The molecule has 0 saturated carbocycles. The molecule has 1 N–H and O–H groups in total. The van der Waals surface area contributed by atoms with Crippen LogP contribution in [0.25, 0.3) is 5.69 Å². The van der Waals surface area contributed by atoms with Crippen LogP contribution in [0.5, 0.6) is 0 Å². The van der Waals surface area contributed by atoms with Gasteiger partial charge in [0.1, 0.15) is 6.61 Å². The van der Waals surface area contributed by atoms with Crippen LogP contribution in [0, 0.1) is 0 Å². The summed E-state index contributed by atoms with van der Waals surface area (Å²) in [6.07, 6.45) is 8.39. The van der Waals surface area contributed by atoms with Crippen LogP contribution in [0.15, 0.2) is 96.9 Å². The van der Waals surface area contributed by atoms with Crippen LogP contribution >= 0.6 is 0 Å². The summed E-state index contributed by atoms with van der Waals surface area (Å²) in [6.45, 7) is 3.53. The van der Waals surface area contributed by atoms with Crippen LogP contribution in [0.4, 0.5) is 0 Å². The van der Waals surface area contributed by atoms with Crippen molar-refractivity contribution < 1.29 is 19.1 Å². The van der Waals surface area contributed by atoms with Gasteiger partial charge in [0.2, 0.25) is 0 Å². The molecule has 0 amide bonds. The average molecular weight is 487 g/mol. The van der Waals surface area contributed by atoms with Crippen molar-refractivity contribution in [3.63, 3.8) is 0 Å². The van der Waals surface area contributed by atoms with Gasteiger partial charge in [-0.3, -0.25) is 4.90 Å². The van der Waals surface area contributed by atoms with Crippen LogP contribution in [0.2, 0.25) is 0 Å². The van der Waals surface area contributed by atoms with Crippen LogP contribution in [0.3, 0.4) is 0 Å². The minimum Gasteiger partial charge on any atom is -0.463 e. The minimum absolute atomic E-state index is 0.222. The maximum atomic E-state index is 13.2. The highest BCUT2D eigenvalue weighted by Gasteiger charge is 2.34. The van der Waals surface area contributed by atoms with Gasteiger partial charge >= 0.3 is 11.9 Å². The first-order valence-corrected chi connectivity index (χ1v) is 11.9. The predicted molar refractivity (Wildman–Crippen MR) is 136 cm³/mol. The van der Waals surface area contributed by atoms with Crippen molar-refractivity contribution in [2.45, 2.75) is 19.4 Å². The molecule has 4 rings (SSSR count). The number of hydrogen-bond acceptors (Lipinski definition) is 7. The molecule has 0 aliphatic carbocycles. The Hall–Kier alpha value is -4.17.